The molecule has 126 valence electrons. The van der Waals surface area contributed by atoms with Gasteiger partial charge in [-0.25, -0.2) is 0 Å². The predicted octanol–water partition coefficient (Wildman–Crippen LogP) is 2.27. The van der Waals surface area contributed by atoms with Crippen LogP contribution in [0.3, 0.4) is 0 Å². The van der Waals surface area contributed by atoms with E-state index in [4.69, 9.17) is 5.41 Å². The number of nitrogens with zero attached hydrogens (tertiary/aromatic N) is 1. The van der Waals surface area contributed by atoms with Crippen LogP contribution < -0.4 is 5.32 Å². The standard InChI is InChI=1S/C14H22F3N3OS/c1-3-10(13(21)19-7-14(15,16)17)22-12(18)11-8-4-5-20(2)6-9(8)11/h4-5,8-11,13,18-19,21H,3,6-7H2,1-2H3/t8-,9?,10-,11+,13+/m1/s1. The van der Waals surface area contributed by atoms with E-state index in [2.05, 4.69) is 16.3 Å². The van der Waals surface area contributed by atoms with E-state index in [1.54, 1.807) is 6.92 Å². The Morgan fingerprint density at radius 3 is 2.77 bits per heavy atom. The highest BCUT2D eigenvalue weighted by atomic mass is 32.2. The lowest BCUT2D eigenvalue weighted by Crippen LogP contribution is -2.43. The molecule has 0 aromatic heterocycles. The van der Waals surface area contributed by atoms with Crippen molar-refractivity contribution in [2.75, 3.05) is 20.1 Å². The van der Waals surface area contributed by atoms with Crippen molar-refractivity contribution in [1.82, 2.24) is 10.2 Å². The second-order valence-electron chi connectivity index (χ2n) is 5.92. The zero-order valence-corrected chi connectivity index (χ0v) is 13.4. The molecule has 2 aliphatic rings. The molecule has 5 atom stereocenters. The Balaban J connectivity index is 1.83. The Morgan fingerprint density at radius 1 is 1.55 bits per heavy atom. The van der Waals surface area contributed by atoms with Crippen LogP contribution in [0.2, 0.25) is 0 Å². The average Bonchev–Trinajstić information content (AvgIpc) is 3.14. The highest BCUT2D eigenvalue weighted by molar-refractivity contribution is 8.14. The number of allylic oxidation sites excluding steroid dienone is 1. The van der Waals surface area contributed by atoms with E-state index >= 15 is 0 Å². The molecule has 22 heavy (non-hydrogen) atoms. The Morgan fingerprint density at radius 2 is 2.23 bits per heavy atom. The van der Waals surface area contributed by atoms with Gasteiger partial charge in [-0.1, -0.05) is 13.0 Å². The summed E-state index contributed by atoms with van der Waals surface area (Å²) in [7, 11) is 1.98. The van der Waals surface area contributed by atoms with Crippen molar-refractivity contribution in [2.45, 2.75) is 31.0 Å². The largest absolute Gasteiger partial charge is 0.401 e. The van der Waals surface area contributed by atoms with E-state index in [9.17, 15) is 18.3 Å². The molecule has 1 fully saturated rings. The van der Waals surface area contributed by atoms with Crippen LogP contribution in [0.5, 0.6) is 0 Å². The summed E-state index contributed by atoms with van der Waals surface area (Å²) < 4.78 is 36.6. The zero-order chi connectivity index (χ0) is 16.5. The summed E-state index contributed by atoms with van der Waals surface area (Å²) in [6.45, 7) is 1.48. The normalized spacial score (nSPS) is 29.9. The van der Waals surface area contributed by atoms with Crippen LogP contribution in [0, 0.1) is 23.2 Å². The van der Waals surface area contributed by atoms with Gasteiger partial charge >= 0.3 is 6.18 Å². The molecule has 1 aliphatic heterocycles. The van der Waals surface area contributed by atoms with Gasteiger partial charge in [-0.3, -0.25) is 10.7 Å². The number of rotatable bonds is 6. The maximum Gasteiger partial charge on any atom is 0.401 e. The van der Waals surface area contributed by atoms with Crippen molar-refractivity contribution < 1.29 is 18.3 Å². The SMILES string of the molecule is CC[C@@H](SC(=N)[C@@H]1C2CN(C)C=C[C@H]21)[C@H](O)NCC(F)(F)F. The number of nitrogens with one attached hydrogen (secondary N) is 2. The topological polar surface area (TPSA) is 59.4 Å². The van der Waals surface area contributed by atoms with Crippen molar-refractivity contribution in [3.8, 4) is 0 Å². The molecular formula is C14H22F3N3OS. The van der Waals surface area contributed by atoms with Crippen LogP contribution in [-0.2, 0) is 0 Å². The van der Waals surface area contributed by atoms with Crippen LogP contribution in [0.15, 0.2) is 12.3 Å². The molecule has 0 aromatic rings. The lowest BCUT2D eigenvalue weighted by Gasteiger charge is -2.23. The van der Waals surface area contributed by atoms with Gasteiger partial charge < -0.3 is 10.0 Å². The molecule has 1 saturated carbocycles. The Kier molecular flexibility index (Phi) is 5.45. The Labute approximate surface area is 132 Å². The molecule has 2 rings (SSSR count). The van der Waals surface area contributed by atoms with Gasteiger partial charge in [-0.15, -0.1) is 11.8 Å². The second-order valence-corrected chi connectivity index (χ2v) is 7.20. The molecule has 0 aromatic carbocycles. The van der Waals surface area contributed by atoms with E-state index in [0.717, 1.165) is 6.54 Å². The number of thioether (sulfide) groups is 1. The minimum Gasteiger partial charge on any atom is -0.380 e. The summed E-state index contributed by atoms with van der Waals surface area (Å²) in [6.07, 6.45) is -1.02. The molecule has 1 aliphatic carbocycles. The minimum absolute atomic E-state index is 0.148. The number of hydrogen-bond donors (Lipinski definition) is 3. The maximum absolute atomic E-state index is 12.2. The molecule has 1 heterocycles. The maximum atomic E-state index is 12.2. The van der Waals surface area contributed by atoms with E-state index in [1.165, 1.54) is 11.8 Å². The summed E-state index contributed by atoms with van der Waals surface area (Å²) >= 11 is 1.19. The number of hydrogen-bond acceptors (Lipinski definition) is 5. The van der Waals surface area contributed by atoms with Crippen LogP contribution in [0.1, 0.15) is 13.3 Å². The monoisotopic (exact) mass is 337 g/mol. The molecule has 4 nitrogen and oxygen atoms in total. The molecular weight excluding hydrogens is 315 g/mol. The van der Waals surface area contributed by atoms with E-state index in [1.807, 2.05) is 13.2 Å². The average molecular weight is 337 g/mol. The summed E-state index contributed by atoms with van der Waals surface area (Å²) in [5, 5.41) is 20.2. The van der Waals surface area contributed by atoms with E-state index in [-0.39, 0.29) is 5.92 Å². The summed E-state index contributed by atoms with van der Waals surface area (Å²) in [4.78, 5) is 2.08. The third-order valence-electron chi connectivity index (χ3n) is 4.14. The van der Waals surface area contributed by atoms with Crippen LogP contribution in [0.25, 0.3) is 0 Å². The van der Waals surface area contributed by atoms with Gasteiger partial charge in [0.05, 0.1) is 11.6 Å². The van der Waals surface area contributed by atoms with Crippen molar-refractivity contribution in [3.63, 3.8) is 0 Å². The molecule has 0 spiro atoms. The highest BCUT2D eigenvalue weighted by Crippen LogP contribution is 2.52. The Hall–Kier alpha value is -0.730. The van der Waals surface area contributed by atoms with Crippen molar-refractivity contribution in [1.29, 1.82) is 5.41 Å². The van der Waals surface area contributed by atoms with Crippen LogP contribution in [0.4, 0.5) is 13.2 Å². The van der Waals surface area contributed by atoms with Gasteiger partial charge in [-0.2, -0.15) is 13.2 Å². The van der Waals surface area contributed by atoms with Crippen molar-refractivity contribution >= 4 is 16.8 Å². The van der Waals surface area contributed by atoms with Gasteiger partial charge in [0.25, 0.3) is 0 Å². The molecule has 8 heteroatoms. The van der Waals surface area contributed by atoms with Gasteiger partial charge in [0.2, 0.25) is 0 Å². The first-order chi connectivity index (χ1) is 10.2. The van der Waals surface area contributed by atoms with Crippen LogP contribution >= 0.6 is 11.8 Å². The number of alkyl halides is 3. The summed E-state index contributed by atoms with van der Waals surface area (Å²) in [5.74, 6) is 0.942. The van der Waals surface area contributed by atoms with Gasteiger partial charge in [0.1, 0.15) is 6.23 Å². The highest BCUT2D eigenvalue weighted by Gasteiger charge is 2.53. The van der Waals surface area contributed by atoms with Crippen molar-refractivity contribution in [2.24, 2.45) is 17.8 Å². The molecule has 1 unspecified atom stereocenters. The predicted molar refractivity (Wildman–Crippen MR) is 81.7 cm³/mol. The smallest absolute Gasteiger partial charge is 0.380 e. The second kappa shape index (κ2) is 6.80. The molecule has 0 amide bonds. The third-order valence-corrected chi connectivity index (χ3v) is 5.56. The molecule has 3 N–H and O–H groups in total. The first-order valence-corrected chi connectivity index (χ1v) is 8.22. The summed E-state index contributed by atoms with van der Waals surface area (Å²) in [5.41, 5.74) is 0. The first-order valence-electron chi connectivity index (χ1n) is 7.34. The fourth-order valence-electron chi connectivity index (χ4n) is 2.87. The molecule has 0 bridgehead atoms. The number of fused-ring (bicyclic) bond motifs is 1. The van der Waals surface area contributed by atoms with Crippen LogP contribution in [-0.4, -0.2) is 52.8 Å². The lowest BCUT2D eigenvalue weighted by molar-refractivity contribution is -0.131. The lowest BCUT2D eigenvalue weighted by atomic mass is 10.2. The van der Waals surface area contributed by atoms with Gasteiger partial charge in [-0.05, 0) is 24.5 Å². The zero-order valence-electron chi connectivity index (χ0n) is 12.6. The third kappa shape index (κ3) is 4.39. The van der Waals surface area contributed by atoms with Gasteiger partial charge in [0.15, 0.2) is 0 Å². The van der Waals surface area contributed by atoms with Gasteiger partial charge in [0, 0.05) is 24.8 Å². The number of aliphatic hydroxyl groups excluding tert-OH is 1. The van der Waals surface area contributed by atoms with Crippen molar-refractivity contribution in [3.05, 3.63) is 12.3 Å². The fourth-order valence-corrected chi connectivity index (χ4v) is 4.08. The minimum atomic E-state index is -4.35. The molecule has 0 radical (unpaired) electrons. The Bertz CT molecular complexity index is 444. The quantitative estimate of drug-likeness (QED) is 0.395. The number of aliphatic hydroxyl groups is 1. The fraction of sp³-hybridized carbons (Fsp3) is 0.786. The molecule has 0 saturated heterocycles. The first kappa shape index (κ1) is 17.6. The number of halogens is 3. The van der Waals surface area contributed by atoms with E-state index < -0.39 is 24.2 Å². The summed E-state index contributed by atoms with van der Waals surface area (Å²) in [6, 6.07) is 0. The van der Waals surface area contributed by atoms with E-state index in [0.29, 0.717) is 23.3 Å².